The van der Waals surface area contributed by atoms with Crippen molar-refractivity contribution in [3.8, 4) is 0 Å². The van der Waals surface area contributed by atoms with Gasteiger partial charge in [-0.3, -0.25) is 13.9 Å². The Hall–Kier alpha value is -2.87. The van der Waals surface area contributed by atoms with Crippen LogP contribution in [-0.2, 0) is 26.2 Å². The maximum absolute atomic E-state index is 13.6. The number of hydrogen-bond donors (Lipinski definition) is 1. The average molecular weight is 488 g/mol. The first-order valence-electron chi connectivity index (χ1n) is 11.4. The summed E-state index contributed by atoms with van der Waals surface area (Å²) in [6, 6.07) is 13.9. The summed E-state index contributed by atoms with van der Waals surface area (Å²) in [7, 11) is -3.73. The molecule has 2 amide bonds. The normalized spacial score (nSPS) is 12.7. The van der Waals surface area contributed by atoms with Crippen LogP contribution < -0.4 is 9.62 Å². The van der Waals surface area contributed by atoms with Gasteiger partial charge >= 0.3 is 0 Å². The van der Waals surface area contributed by atoms with Gasteiger partial charge in [-0.2, -0.15) is 0 Å². The molecule has 1 unspecified atom stereocenters. The van der Waals surface area contributed by atoms with E-state index in [9.17, 15) is 18.0 Å². The van der Waals surface area contributed by atoms with E-state index in [-0.39, 0.29) is 12.5 Å². The Kier molecular flexibility index (Phi) is 8.89. The fourth-order valence-corrected chi connectivity index (χ4v) is 4.44. The molecular formula is C26H37N3O4S. The van der Waals surface area contributed by atoms with E-state index >= 15 is 0 Å². The zero-order valence-electron chi connectivity index (χ0n) is 21.3. The Morgan fingerprint density at radius 1 is 0.941 bits per heavy atom. The molecule has 0 aliphatic carbocycles. The van der Waals surface area contributed by atoms with Crippen molar-refractivity contribution >= 4 is 27.5 Å². The van der Waals surface area contributed by atoms with Crippen molar-refractivity contribution in [1.29, 1.82) is 0 Å². The minimum atomic E-state index is -3.73. The summed E-state index contributed by atoms with van der Waals surface area (Å²) in [6.45, 7) is 11.2. The molecule has 0 saturated heterocycles. The highest BCUT2D eigenvalue weighted by atomic mass is 32.2. The number of nitrogens with one attached hydrogen (secondary N) is 1. The lowest BCUT2D eigenvalue weighted by Gasteiger charge is -2.34. The second-order valence-electron chi connectivity index (χ2n) is 9.78. The van der Waals surface area contributed by atoms with Crippen LogP contribution in [0.25, 0.3) is 0 Å². The van der Waals surface area contributed by atoms with E-state index in [0.29, 0.717) is 12.1 Å². The molecule has 8 heteroatoms. The van der Waals surface area contributed by atoms with Crippen LogP contribution >= 0.6 is 0 Å². The Morgan fingerprint density at radius 2 is 1.44 bits per heavy atom. The number of sulfonamides is 1. The first kappa shape index (κ1) is 27.4. The molecule has 34 heavy (non-hydrogen) atoms. The Bertz CT molecular complexity index is 1090. The van der Waals surface area contributed by atoms with Gasteiger partial charge in [0.1, 0.15) is 12.6 Å². The molecule has 0 heterocycles. The number of benzene rings is 2. The van der Waals surface area contributed by atoms with E-state index < -0.39 is 34.1 Å². The molecule has 0 spiro atoms. The quantitative estimate of drug-likeness (QED) is 0.583. The molecule has 2 rings (SSSR count). The number of rotatable bonds is 9. The molecule has 186 valence electrons. The van der Waals surface area contributed by atoms with Crippen LogP contribution in [0, 0.1) is 13.8 Å². The number of carbonyl (C=O) groups is 2. The zero-order valence-corrected chi connectivity index (χ0v) is 22.1. The minimum absolute atomic E-state index is 0.195. The van der Waals surface area contributed by atoms with E-state index in [1.54, 1.807) is 24.3 Å². The lowest BCUT2D eigenvalue weighted by atomic mass is 10.1. The smallest absolute Gasteiger partial charge is 0.244 e. The summed E-state index contributed by atoms with van der Waals surface area (Å²) in [6.07, 6.45) is 1.47. The Labute approximate surface area is 204 Å². The molecule has 0 aliphatic heterocycles. The van der Waals surface area contributed by atoms with Crippen molar-refractivity contribution in [2.45, 2.75) is 66.1 Å². The van der Waals surface area contributed by atoms with Crippen molar-refractivity contribution in [2.75, 3.05) is 17.1 Å². The number of nitrogens with zero attached hydrogens (tertiary/aromatic N) is 2. The Balaban J connectivity index is 2.43. The highest BCUT2D eigenvalue weighted by Gasteiger charge is 2.33. The third-order valence-electron chi connectivity index (χ3n) is 5.36. The van der Waals surface area contributed by atoms with Crippen LogP contribution in [0.3, 0.4) is 0 Å². The highest BCUT2D eigenvalue weighted by molar-refractivity contribution is 7.92. The Morgan fingerprint density at radius 3 is 1.88 bits per heavy atom. The average Bonchev–Trinajstić information content (AvgIpc) is 2.72. The molecule has 2 aromatic carbocycles. The van der Waals surface area contributed by atoms with Crippen LogP contribution in [0.5, 0.6) is 0 Å². The second-order valence-corrected chi connectivity index (χ2v) is 11.7. The van der Waals surface area contributed by atoms with Crippen LogP contribution in [-0.4, -0.2) is 49.5 Å². The molecule has 0 saturated carbocycles. The van der Waals surface area contributed by atoms with Gasteiger partial charge in [0.15, 0.2) is 0 Å². The van der Waals surface area contributed by atoms with Gasteiger partial charge in [0.25, 0.3) is 0 Å². The molecule has 0 bridgehead atoms. The van der Waals surface area contributed by atoms with Gasteiger partial charge in [-0.25, -0.2) is 8.42 Å². The first-order valence-corrected chi connectivity index (χ1v) is 13.3. The second kappa shape index (κ2) is 11.0. The number of aryl methyl sites for hydroxylation is 2. The molecule has 0 aliphatic rings. The summed E-state index contributed by atoms with van der Waals surface area (Å²) in [5.74, 6) is -0.709. The van der Waals surface area contributed by atoms with Gasteiger partial charge in [-0.05, 0) is 58.7 Å². The van der Waals surface area contributed by atoms with Gasteiger partial charge in [0, 0.05) is 12.1 Å². The maximum Gasteiger partial charge on any atom is 0.244 e. The number of carbonyl (C=O) groups excluding carboxylic acids is 2. The van der Waals surface area contributed by atoms with Gasteiger partial charge < -0.3 is 10.2 Å². The fourth-order valence-electron chi connectivity index (χ4n) is 3.59. The predicted octanol–water partition coefficient (Wildman–Crippen LogP) is 3.79. The standard InChI is InChI=1S/C26H37N3O4S/c1-8-23(25(31)27-26(4,5)6)28(17-21-13-9-19(2)10-14-21)24(30)18-29(34(7,32)33)22-15-11-20(3)12-16-22/h9-16,23H,8,17-18H2,1-7H3,(H,27,31). The van der Waals surface area contributed by atoms with Crippen LogP contribution in [0.15, 0.2) is 48.5 Å². The number of amides is 2. The minimum Gasteiger partial charge on any atom is -0.350 e. The van der Waals surface area contributed by atoms with Crippen molar-refractivity contribution in [3.05, 3.63) is 65.2 Å². The molecule has 2 aromatic rings. The van der Waals surface area contributed by atoms with Gasteiger partial charge in [0.05, 0.1) is 11.9 Å². The first-order chi connectivity index (χ1) is 15.7. The van der Waals surface area contributed by atoms with Crippen molar-refractivity contribution in [1.82, 2.24) is 10.2 Å². The lowest BCUT2D eigenvalue weighted by molar-refractivity contribution is -0.141. The monoisotopic (exact) mass is 487 g/mol. The fraction of sp³-hybridized carbons (Fsp3) is 0.462. The van der Waals surface area contributed by atoms with Crippen LogP contribution in [0.2, 0.25) is 0 Å². The van der Waals surface area contributed by atoms with Crippen LogP contribution in [0.1, 0.15) is 50.8 Å². The van der Waals surface area contributed by atoms with E-state index in [1.165, 1.54) is 4.90 Å². The van der Waals surface area contributed by atoms with Gasteiger partial charge in [-0.15, -0.1) is 0 Å². The van der Waals surface area contributed by atoms with Gasteiger partial charge in [-0.1, -0.05) is 54.4 Å². The van der Waals surface area contributed by atoms with Crippen molar-refractivity contribution in [3.63, 3.8) is 0 Å². The van der Waals surface area contributed by atoms with Crippen molar-refractivity contribution < 1.29 is 18.0 Å². The molecule has 1 atom stereocenters. The molecule has 0 aromatic heterocycles. The SMILES string of the molecule is CCC(C(=O)NC(C)(C)C)N(Cc1ccc(C)cc1)C(=O)CN(c1ccc(C)cc1)S(C)(=O)=O. The topological polar surface area (TPSA) is 86.8 Å². The maximum atomic E-state index is 13.6. The molecular weight excluding hydrogens is 450 g/mol. The number of anilines is 1. The van der Waals surface area contributed by atoms with E-state index in [1.807, 2.05) is 65.8 Å². The van der Waals surface area contributed by atoms with Crippen LogP contribution in [0.4, 0.5) is 5.69 Å². The largest absolute Gasteiger partial charge is 0.350 e. The van der Waals surface area contributed by atoms with E-state index in [0.717, 1.165) is 27.3 Å². The summed E-state index contributed by atoms with van der Waals surface area (Å²) >= 11 is 0. The summed E-state index contributed by atoms with van der Waals surface area (Å²) in [4.78, 5) is 28.2. The summed E-state index contributed by atoms with van der Waals surface area (Å²) in [5.41, 5.74) is 2.87. The van der Waals surface area contributed by atoms with Gasteiger partial charge in [0.2, 0.25) is 21.8 Å². The van der Waals surface area contributed by atoms with Crippen molar-refractivity contribution in [2.24, 2.45) is 0 Å². The highest BCUT2D eigenvalue weighted by Crippen LogP contribution is 2.20. The third kappa shape index (κ3) is 7.87. The number of hydrogen-bond acceptors (Lipinski definition) is 4. The molecule has 0 fully saturated rings. The summed E-state index contributed by atoms with van der Waals surface area (Å²) in [5, 5.41) is 2.96. The molecule has 1 N–H and O–H groups in total. The zero-order chi connectivity index (χ0) is 25.7. The molecule has 0 radical (unpaired) electrons. The predicted molar refractivity (Wildman–Crippen MR) is 137 cm³/mol. The molecule has 7 nitrogen and oxygen atoms in total. The van der Waals surface area contributed by atoms with E-state index in [4.69, 9.17) is 0 Å². The third-order valence-corrected chi connectivity index (χ3v) is 6.50. The lowest BCUT2D eigenvalue weighted by Crippen LogP contribution is -2.55. The van der Waals surface area contributed by atoms with E-state index in [2.05, 4.69) is 5.32 Å². The summed E-state index contributed by atoms with van der Waals surface area (Å²) < 4.78 is 26.3.